The summed E-state index contributed by atoms with van der Waals surface area (Å²) in [5, 5.41) is 3.83. The summed E-state index contributed by atoms with van der Waals surface area (Å²) >= 11 is 0. The van der Waals surface area contributed by atoms with Gasteiger partial charge < -0.3 is 13.8 Å². The van der Waals surface area contributed by atoms with Crippen molar-refractivity contribution in [3.63, 3.8) is 0 Å². The van der Waals surface area contributed by atoms with Crippen LogP contribution in [0, 0.1) is 0 Å². The molecule has 0 aliphatic carbocycles. The van der Waals surface area contributed by atoms with Crippen molar-refractivity contribution < 1.29 is 14.1 Å². The van der Waals surface area contributed by atoms with Crippen molar-refractivity contribution in [1.29, 1.82) is 0 Å². The summed E-state index contributed by atoms with van der Waals surface area (Å²) in [5.41, 5.74) is 0.723. The Morgan fingerprint density at radius 3 is 3.00 bits per heavy atom. The quantitative estimate of drug-likeness (QED) is 0.756. The minimum Gasteiger partial charge on any atom is -0.465 e. The van der Waals surface area contributed by atoms with Crippen LogP contribution in [0.3, 0.4) is 0 Å². The second-order valence-corrected chi connectivity index (χ2v) is 3.82. The Balaban J connectivity index is 2.21. The van der Waals surface area contributed by atoms with Crippen LogP contribution in [0.5, 0.6) is 0 Å². The van der Waals surface area contributed by atoms with Crippen LogP contribution < -0.4 is 0 Å². The Bertz CT molecular complexity index is 546. The number of ether oxygens (including phenoxy) is 1. The maximum Gasteiger partial charge on any atom is 0.318 e. The molecule has 0 spiro atoms. The van der Waals surface area contributed by atoms with Crippen LogP contribution in [0.15, 0.2) is 17.0 Å². The van der Waals surface area contributed by atoms with Gasteiger partial charge >= 0.3 is 5.97 Å². The van der Waals surface area contributed by atoms with Crippen LogP contribution in [0.2, 0.25) is 0 Å². The molecule has 0 aliphatic rings. The molecule has 2 aromatic heterocycles. The average molecular weight is 250 g/mol. The maximum atomic E-state index is 11.5. The zero-order valence-corrected chi connectivity index (χ0v) is 10.5. The smallest absolute Gasteiger partial charge is 0.318 e. The Labute approximate surface area is 104 Å². The molecule has 0 saturated heterocycles. The molecule has 0 aromatic carbocycles. The summed E-state index contributed by atoms with van der Waals surface area (Å²) in [5.74, 6) is -0.303. The lowest BCUT2D eigenvalue weighted by Gasteiger charge is -2.04. The molecular weight excluding hydrogens is 236 g/mol. The summed E-state index contributed by atoms with van der Waals surface area (Å²) < 4.78 is 11.7. The van der Waals surface area contributed by atoms with Gasteiger partial charge in [0.15, 0.2) is 0 Å². The van der Waals surface area contributed by atoms with E-state index in [1.165, 1.54) is 0 Å². The zero-order valence-electron chi connectivity index (χ0n) is 10.5. The molecule has 0 amide bonds. The second kappa shape index (κ2) is 4.99. The zero-order chi connectivity index (χ0) is 13.1. The van der Waals surface area contributed by atoms with Crippen molar-refractivity contribution in [3.8, 4) is 11.5 Å². The first-order valence-electron chi connectivity index (χ1n) is 5.60. The van der Waals surface area contributed by atoms with Crippen molar-refractivity contribution in [2.45, 2.75) is 19.8 Å². The van der Waals surface area contributed by atoms with Crippen molar-refractivity contribution in [2.75, 3.05) is 6.61 Å². The number of carbonyl (C=O) groups is 1. The van der Waals surface area contributed by atoms with E-state index in [1.807, 2.05) is 7.05 Å². The lowest BCUT2D eigenvalue weighted by atomic mass is 10.2. The SMILES string of the molecule is CCOC(=O)C(C)c1nc(-c2cncn2C)no1. The molecule has 18 heavy (non-hydrogen) atoms. The van der Waals surface area contributed by atoms with Gasteiger partial charge in [-0.3, -0.25) is 4.79 Å². The van der Waals surface area contributed by atoms with Crippen LogP contribution in [-0.4, -0.2) is 32.3 Å². The monoisotopic (exact) mass is 250 g/mol. The highest BCUT2D eigenvalue weighted by Gasteiger charge is 2.23. The molecule has 0 aliphatic heterocycles. The average Bonchev–Trinajstić information content (AvgIpc) is 2.96. The third-order valence-electron chi connectivity index (χ3n) is 2.50. The first kappa shape index (κ1) is 12.3. The first-order valence-corrected chi connectivity index (χ1v) is 5.60. The molecule has 0 saturated carbocycles. The molecule has 0 bridgehead atoms. The third kappa shape index (κ3) is 2.24. The Morgan fingerprint density at radius 1 is 1.61 bits per heavy atom. The number of aromatic nitrogens is 4. The van der Waals surface area contributed by atoms with Gasteiger partial charge in [-0.1, -0.05) is 5.16 Å². The van der Waals surface area contributed by atoms with E-state index in [4.69, 9.17) is 9.26 Å². The lowest BCUT2D eigenvalue weighted by molar-refractivity contribution is -0.145. The van der Waals surface area contributed by atoms with E-state index in [1.54, 1.807) is 30.9 Å². The number of hydrogen-bond acceptors (Lipinski definition) is 6. The first-order chi connectivity index (χ1) is 8.63. The number of esters is 1. The fraction of sp³-hybridized carbons (Fsp3) is 0.455. The second-order valence-electron chi connectivity index (χ2n) is 3.82. The van der Waals surface area contributed by atoms with E-state index in [0.717, 1.165) is 5.69 Å². The van der Waals surface area contributed by atoms with Crippen molar-refractivity contribution in [3.05, 3.63) is 18.4 Å². The lowest BCUT2D eigenvalue weighted by Crippen LogP contribution is -2.13. The van der Waals surface area contributed by atoms with Crippen LogP contribution in [0.25, 0.3) is 11.5 Å². The highest BCUT2D eigenvalue weighted by molar-refractivity contribution is 5.76. The summed E-state index contributed by atoms with van der Waals surface area (Å²) in [6.45, 7) is 3.74. The Hall–Kier alpha value is -2.18. The van der Waals surface area contributed by atoms with Gasteiger partial charge in [0.1, 0.15) is 11.6 Å². The predicted octanol–water partition coefficient (Wildman–Crippen LogP) is 1.14. The number of rotatable bonds is 4. The van der Waals surface area contributed by atoms with Gasteiger partial charge in [-0.2, -0.15) is 4.98 Å². The fourth-order valence-corrected chi connectivity index (χ4v) is 1.46. The van der Waals surface area contributed by atoms with Gasteiger partial charge in [-0.05, 0) is 13.8 Å². The van der Waals surface area contributed by atoms with Crippen molar-refractivity contribution in [2.24, 2.45) is 7.05 Å². The molecule has 2 heterocycles. The van der Waals surface area contributed by atoms with Gasteiger partial charge in [-0.25, -0.2) is 4.98 Å². The highest BCUT2D eigenvalue weighted by Crippen LogP contribution is 2.19. The summed E-state index contributed by atoms with van der Waals surface area (Å²) in [4.78, 5) is 19.7. The summed E-state index contributed by atoms with van der Waals surface area (Å²) in [6, 6.07) is 0. The van der Waals surface area contributed by atoms with E-state index in [-0.39, 0.29) is 11.9 Å². The number of hydrogen-bond donors (Lipinski definition) is 0. The van der Waals surface area contributed by atoms with Crippen molar-refractivity contribution in [1.82, 2.24) is 19.7 Å². The minimum atomic E-state index is -0.570. The largest absolute Gasteiger partial charge is 0.465 e. The van der Waals surface area contributed by atoms with Crippen LogP contribution in [0.4, 0.5) is 0 Å². The molecule has 7 nitrogen and oxygen atoms in total. The Morgan fingerprint density at radius 2 is 2.39 bits per heavy atom. The molecule has 0 fully saturated rings. The van der Waals surface area contributed by atoms with Crippen LogP contribution in [-0.2, 0) is 16.6 Å². The van der Waals surface area contributed by atoms with Gasteiger partial charge in [-0.15, -0.1) is 0 Å². The van der Waals surface area contributed by atoms with Gasteiger partial charge in [0.05, 0.1) is 19.1 Å². The van der Waals surface area contributed by atoms with E-state index in [2.05, 4.69) is 15.1 Å². The normalized spacial score (nSPS) is 12.4. The molecule has 0 radical (unpaired) electrons. The Kier molecular flexibility index (Phi) is 3.40. The standard InChI is InChI=1S/C11H14N4O3/c1-4-17-11(16)7(2)10-13-9(14-18-10)8-5-12-6-15(8)3/h5-7H,4H2,1-3H3. The van der Waals surface area contributed by atoms with Gasteiger partial charge in [0, 0.05) is 7.05 Å². The van der Waals surface area contributed by atoms with E-state index in [0.29, 0.717) is 12.4 Å². The number of aryl methyl sites for hydroxylation is 1. The molecule has 2 rings (SSSR count). The summed E-state index contributed by atoms with van der Waals surface area (Å²) in [6.07, 6.45) is 3.27. The molecule has 0 N–H and O–H groups in total. The van der Waals surface area contributed by atoms with E-state index < -0.39 is 5.92 Å². The number of carbonyl (C=O) groups excluding carboxylic acids is 1. The molecule has 96 valence electrons. The van der Waals surface area contributed by atoms with Gasteiger partial charge in [0.2, 0.25) is 11.7 Å². The van der Waals surface area contributed by atoms with Crippen LogP contribution >= 0.6 is 0 Å². The molecule has 1 unspecified atom stereocenters. The predicted molar refractivity (Wildman–Crippen MR) is 61.5 cm³/mol. The van der Waals surface area contributed by atoms with Gasteiger partial charge in [0.25, 0.3) is 0 Å². The maximum absolute atomic E-state index is 11.5. The molecule has 1 atom stereocenters. The number of imidazole rings is 1. The third-order valence-corrected chi connectivity index (χ3v) is 2.50. The highest BCUT2D eigenvalue weighted by atomic mass is 16.5. The van der Waals surface area contributed by atoms with Crippen molar-refractivity contribution >= 4 is 5.97 Å². The fourth-order valence-electron chi connectivity index (χ4n) is 1.46. The van der Waals surface area contributed by atoms with E-state index in [9.17, 15) is 4.79 Å². The van der Waals surface area contributed by atoms with Crippen LogP contribution in [0.1, 0.15) is 25.7 Å². The topological polar surface area (TPSA) is 83.0 Å². The number of nitrogens with zero attached hydrogens (tertiary/aromatic N) is 4. The minimum absolute atomic E-state index is 0.240. The molecule has 2 aromatic rings. The van der Waals surface area contributed by atoms with E-state index >= 15 is 0 Å². The molecule has 7 heteroatoms. The molecular formula is C11H14N4O3. The summed E-state index contributed by atoms with van der Waals surface area (Å²) in [7, 11) is 1.83.